The van der Waals surface area contributed by atoms with Gasteiger partial charge in [-0.25, -0.2) is 13.6 Å². The van der Waals surface area contributed by atoms with Gasteiger partial charge in [0.2, 0.25) is 10.0 Å². The van der Waals surface area contributed by atoms with Crippen molar-refractivity contribution in [2.24, 2.45) is 16.5 Å². The topological polar surface area (TPSA) is 85.9 Å². The smallest absolute Gasteiger partial charge is 0.238 e. The zero-order valence-corrected chi connectivity index (χ0v) is 14.1. The van der Waals surface area contributed by atoms with Crippen LogP contribution in [0.25, 0.3) is 0 Å². The summed E-state index contributed by atoms with van der Waals surface area (Å²) in [6.45, 7) is 4.51. The molecule has 1 fully saturated rings. The van der Waals surface area contributed by atoms with E-state index in [0.29, 0.717) is 11.8 Å². The number of aromatic nitrogens is 2. The Labute approximate surface area is 137 Å². The maximum absolute atomic E-state index is 11.3. The van der Waals surface area contributed by atoms with Crippen molar-refractivity contribution >= 4 is 10.0 Å². The zero-order chi connectivity index (χ0) is 16.7. The maximum Gasteiger partial charge on any atom is 0.238 e. The summed E-state index contributed by atoms with van der Waals surface area (Å²) < 4.78 is 22.7. The molecule has 2 N–H and O–H groups in total. The van der Waals surface area contributed by atoms with Gasteiger partial charge in [-0.15, -0.1) is 0 Å². The van der Waals surface area contributed by atoms with Crippen LogP contribution < -0.4 is 5.14 Å². The third-order valence-electron chi connectivity index (χ3n) is 4.95. The Bertz CT molecular complexity index is 786. The first-order chi connectivity index (χ1) is 10.8. The molecule has 2 unspecified atom stereocenters. The molecule has 0 bridgehead atoms. The normalized spacial score (nSPS) is 22.7. The van der Waals surface area contributed by atoms with Crippen molar-refractivity contribution in [3.8, 4) is 0 Å². The van der Waals surface area contributed by atoms with Crippen LogP contribution in [0.15, 0.2) is 47.8 Å². The van der Waals surface area contributed by atoms with Gasteiger partial charge in [0.1, 0.15) is 0 Å². The number of nitrogens with zero attached hydrogens (tertiary/aromatic N) is 2. The summed E-state index contributed by atoms with van der Waals surface area (Å²) in [6.07, 6.45) is 7.17. The summed E-state index contributed by atoms with van der Waals surface area (Å²) in [6, 6.07) is 6.96. The lowest BCUT2D eigenvalue weighted by atomic mass is 10.0. The lowest BCUT2D eigenvalue weighted by Crippen LogP contribution is -2.11. The Morgan fingerprint density at radius 1 is 1.17 bits per heavy atom. The quantitative estimate of drug-likeness (QED) is 0.912. The Hall–Kier alpha value is -1.79. The summed E-state index contributed by atoms with van der Waals surface area (Å²) in [4.78, 5) is 8.58. The van der Waals surface area contributed by atoms with Gasteiger partial charge in [-0.1, -0.05) is 26.0 Å². The second-order valence-corrected chi connectivity index (χ2v) is 8.32. The van der Waals surface area contributed by atoms with Crippen molar-refractivity contribution < 1.29 is 8.42 Å². The molecule has 1 aromatic carbocycles. The van der Waals surface area contributed by atoms with E-state index in [1.807, 2.05) is 18.3 Å². The molecule has 2 aromatic rings. The van der Waals surface area contributed by atoms with Crippen LogP contribution >= 0.6 is 0 Å². The molecule has 0 aliphatic heterocycles. The van der Waals surface area contributed by atoms with E-state index in [-0.39, 0.29) is 10.3 Å². The van der Waals surface area contributed by atoms with E-state index in [9.17, 15) is 8.42 Å². The molecule has 0 radical (unpaired) electrons. The molecule has 1 saturated carbocycles. The fourth-order valence-corrected chi connectivity index (χ4v) is 4.09. The van der Waals surface area contributed by atoms with Crippen molar-refractivity contribution in [1.82, 2.24) is 9.97 Å². The second-order valence-electron chi connectivity index (χ2n) is 6.76. The van der Waals surface area contributed by atoms with Crippen molar-refractivity contribution in [2.75, 3.05) is 0 Å². The third-order valence-corrected chi connectivity index (χ3v) is 5.88. The van der Waals surface area contributed by atoms with Crippen LogP contribution in [0, 0.1) is 11.3 Å². The summed E-state index contributed by atoms with van der Waals surface area (Å²) in [7, 11) is -3.63. The van der Waals surface area contributed by atoms with Gasteiger partial charge in [-0.3, -0.25) is 9.97 Å². The van der Waals surface area contributed by atoms with E-state index in [1.54, 1.807) is 24.5 Å². The highest BCUT2D eigenvalue weighted by Gasteiger charge is 2.57. The average molecular weight is 331 g/mol. The van der Waals surface area contributed by atoms with Gasteiger partial charge < -0.3 is 0 Å². The van der Waals surface area contributed by atoms with E-state index in [2.05, 4.69) is 23.8 Å². The van der Waals surface area contributed by atoms with E-state index in [4.69, 9.17) is 5.14 Å². The molecule has 1 aliphatic carbocycles. The molecule has 1 aliphatic rings. The van der Waals surface area contributed by atoms with Crippen molar-refractivity contribution in [3.05, 3.63) is 54.1 Å². The highest BCUT2D eigenvalue weighted by atomic mass is 32.2. The zero-order valence-electron chi connectivity index (χ0n) is 13.3. The molecule has 1 heterocycles. The van der Waals surface area contributed by atoms with Gasteiger partial charge in [0.05, 0.1) is 10.6 Å². The number of hydrogen-bond donors (Lipinski definition) is 1. The lowest BCUT2D eigenvalue weighted by Gasteiger charge is -2.04. The van der Waals surface area contributed by atoms with Gasteiger partial charge in [0.15, 0.2) is 0 Å². The average Bonchev–Trinajstić information content (AvgIpc) is 3.06. The Kier molecular flexibility index (Phi) is 3.98. The predicted molar refractivity (Wildman–Crippen MR) is 88.2 cm³/mol. The van der Waals surface area contributed by atoms with E-state index < -0.39 is 10.0 Å². The van der Waals surface area contributed by atoms with Crippen LogP contribution in [0.2, 0.25) is 0 Å². The van der Waals surface area contributed by atoms with Crippen LogP contribution in [-0.4, -0.2) is 18.4 Å². The fourth-order valence-electron chi connectivity index (χ4n) is 3.57. The first-order valence-electron chi connectivity index (χ1n) is 7.68. The number of primary sulfonamides is 1. The minimum atomic E-state index is -3.63. The number of benzene rings is 1. The second kappa shape index (κ2) is 5.69. The molecule has 122 valence electrons. The minimum Gasteiger partial charge on any atom is -0.261 e. The van der Waals surface area contributed by atoms with Gasteiger partial charge in [-0.2, -0.15) is 0 Å². The number of sulfonamides is 1. The first-order valence-corrected chi connectivity index (χ1v) is 9.22. The van der Waals surface area contributed by atoms with E-state index in [1.165, 1.54) is 5.56 Å². The first kappa shape index (κ1) is 16.1. The van der Waals surface area contributed by atoms with Crippen LogP contribution in [0.1, 0.15) is 37.4 Å². The third kappa shape index (κ3) is 3.28. The fraction of sp³-hybridized carbons (Fsp3) is 0.412. The summed E-state index contributed by atoms with van der Waals surface area (Å²) in [5.41, 5.74) is 2.40. The predicted octanol–water partition coefficient (Wildman–Crippen LogP) is 2.50. The number of aryl methyl sites for hydroxylation is 1. The SMILES string of the molecule is CC1(C)C(CCc2cnccn2)C1c1ccc(S(N)(=O)=O)cc1. The van der Waals surface area contributed by atoms with Crippen molar-refractivity contribution in [2.45, 2.75) is 37.5 Å². The van der Waals surface area contributed by atoms with Crippen molar-refractivity contribution in [1.29, 1.82) is 0 Å². The molecule has 1 aromatic heterocycles. The number of nitrogens with two attached hydrogens (primary N) is 1. The van der Waals surface area contributed by atoms with Crippen LogP contribution in [-0.2, 0) is 16.4 Å². The van der Waals surface area contributed by atoms with Crippen LogP contribution in [0.3, 0.4) is 0 Å². The Morgan fingerprint density at radius 2 is 1.87 bits per heavy atom. The number of rotatable bonds is 5. The van der Waals surface area contributed by atoms with E-state index in [0.717, 1.165) is 18.5 Å². The summed E-state index contributed by atoms with van der Waals surface area (Å²) >= 11 is 0. The molecule has 5 nitrogen and oxygen atoms in total. The van der Waals surface area contributed by atoms with Gasteiger partial charge in [0, 0.05) is 18.6 Å². The monoisotopic (exact) mass is 331 g/mol. The largest absolute Gasteiger partial charge is 0.261 e. The van der Waals surface area contributed by atoms with E-state index >= 15 is 0 Å². The van der Waals surface area contributed by atoms with Crippen LogP contribution in [0.5, 0.6) is 0 Å². The highest BCUT2D eigenvalue weighted by Crippen LogP contribution is 2.66. The minimum absolute atomic E-state index is 0.163. The molecule has 6 heteroatoms. The van der Waals surface area contributed by atoms with Crippen molar-refractivity contribution in [3.63, 3.8) is 0 Å². The molecule has 0 amide bonds. The Morgan fingerprint density at radius 3 is 2.43 bits per heavy atom. The van der Waals surface area contributed by atoms with Crippen LogP contribution in [0.4, 0.5) is 0 Å². The molecule has 0 saturated heterocycles. The standard InChI is InChI=1S/C17H21N3O2S/c1-17(2)15(8-5-13-11-19-9-10-20-13)16(17)12-3-6-14(7-4-12)23(18,21)22/h3-4,6-7,9-11,15-16H,5,8H2,1-2H3,(H2,18,21,22). The molecular weight excluding hydrogens is 310 g/mol. The van der Waals surface area contributed by atoms with Gasteiger partial charge in [-0.05, 0) is 47.8 Å². The maximum atomic E-state index is 11.3. The number of hydrogen-bond acceptors (Lipinski definition) is 4. The van der Waals surface area contributed by atoms with Gasteiger partial charge in [0.25, 0.3) is 0 Å². The van der Waals surface area contributed by atoms with Gasteiger partial charge >= 0.3 is 0 Å². The lowest BCUT2D eigenvalue weighted by molar-refractivity contribution is 0.528. The molecular formula is C17H21N3O2S. The molecule has 23 heavy (non-hydrogen) atoms. The molecule has 2 atom stereocenters. The Balaban J connectivity index is 1.71. The summed E-state index contributed by atoms with van der Waals surface area (Å²) in [5, 5.41) is 5.15. The summed E-state index contributed by atoms with van der Waals surface area (Å²) in [5.74, 6) is 0.999. The molecule has 3 rings (SSSR count). The molecule has 0 spiro atoms. The highest BCUT2D eigenvalue weighted by molar-refractivity contribution is 7.89.